The van der Waals surface area contributed by atoms with Gasteiger partial charge in [0.1, 0.15) is 0 Å². The van der Waals surface area contributed by atoms with Crippen molar-refractivity contribution in [3.05, 3.63) is 0 Å². The summed E-state index contributed by atoms with van der Waals surface area (Å²) in [6, 6.07) is 0. The van der Waals surface area contributed by atoms with Gasteiger partial charge >= 0.3 is 5.97 Å². The Balaban J connectivity index is 3.50. The van der Waals surface area contributed by atoms with Gasteiger partial charge in [0.15, 0.2) is 0 Å². The minimum absolute atomic E-state index is 0.178. The van der Waals surface area contributed by atoms with E-state index in [0.29, 0.717) is 0 Å². The number of carbonyl (C=O) groups is 1. The summed E-state index contributed by atoms with van der Waals surface area (Å²) in [4.78, 5) is 10.7. The molecule has 0 spiro atoms. The Morgan fingerprint density at radius 2 is 1.48 bits per heavy atom. The zero-order chi connectivity index (χ0) is 16.1. The molecule has 0 saturated heterocycles. The van der Waals surface area contributed by atoms with Gasteiger partial charge < -0.3 is 10.2 Å². The van der Waals surface area contributed by atoms with Crippen LogP contribution in [0.15, 0.2) is 0 Å². The second-order valence-corrected chi connectivity index (χ2v) is 7.19. The highest BCUT2D eigenvalue weighted by Crippen LogP contribution is 2.28. The van der Waals surface area contributed by atoms with Crippen LogP contribution in [0.5, 0.6) is 0 Å². The quantitative estimate of drug-likeness (QED) is 0.436. The molecule has 21 heavy (non-hydrogen) atoms. The molecule has 0 aliphatic carbocycles. The van der Waals surface area contributed by atoms with Crippen LogP contribution in [0.25, 0.3) is 0 Å². The predicted octanol–water partition coefficient (Wildman–Crippen LogP) is 5.16. The Labute approximate surface area is 131 Å². The maximum absolute atomic E-state index is 10.7. The van der Waals surface area contributed by atoms with Crippen molar-refractivity contribution >= 4 is 5.97 Å². The summed E-state index contributed by atoms with van der Waals surface area (Å²) < 4.78 is 0. The molecular formula is C18H36O3. The molecule has 0 aromatic carbocycles. The van der Waals surface area contributed by atoms with E-state index in [-0.39, 0.29) is 17.9 Å². The first-order valence-corrected chi connectivity index (χ1v) is 8.77. The highest BCUT2D eigenvalue weighted by atomic mass is 16.4. The van der Waals surface area contributed by atoms with E-state index < -0.39 is 5.97 Å². The van der Waals surface area contributed by atoms with Crippen LogP contribution < -0.4 is 0 Å². The van der Waals surface area contributed by atoms with E-state index in [4.69, 9.17) is 5.11 Å². The maximum Gasteiger partial charge on any atom is 0.303 e. The number of carboxylic acids is 1. The van der Waals surface area contributed by atoms with Crippen LogP contribution in [0.4, 0.5) is 0 Å². The fraction of sp³-hybridized carbons (Fsp3) is 0.944. The topological polar surface area (TPSA) is 57.5 Å². The van der Waals surface area contributed by atoms with Crippen molar-refractivity contribution in [1.29, 1.82) is 0 Å². The van der Waals surface area contributed by atoms with E-state index >= 15 is 0 Å². The highest BCUT2D eigenvalue weighted by Gasteiger charge is 2.22. The summed E-state index contributed by atoms with van der Waals surface area (Å²) in [5.41, 5.74) is -0.216. The predicted molar refractivity (Wildman–Crippen MR) is 88.5 cm³/mol. The zero-order valence-corrected chi connectivity index (χ0v) is 14.4. The van der Waals surface area contributed by atoms with Gasteiger partial charge in [0, 0.05) is 0 Å². The van der Waals surface area contributed by atoms with Crippen molar-refractivity contribution in [2.75, 3.05) is 0 Å². The number of unbranched alkanes of at least 4 members (excludes halogenated alkanes) is 7. The summed E-state index contributed by atoms with van der Waals surface area (Å²) in [6.07, 6.45) is 12.5. The lowest BCUT2D eigenvalue weighted by Gasteiger charge is -2.23. The number of carboxylic acid groups (broad SMARTS) is 1. The summed E-state index contributed by atoms with van der Waals surface area (Å²) >= 11 is 0. The normalized spacial score (nSPS) is 13.3. The van der Waals surface area contributed by atoms with Crippen molar-refractivity contribution in [2.45, 2.75) is 104 Å². The third-order valence-electron chi connectivity index (χ3n) is 4.18. The lowest BCUT2D eigenvalue weighted by molar-refractivity contribution is -0.139. The summed E-state index contributed by atoms with van der Waals surface area (Å²) in [5, 5.41) is 18.8. The largest absolute Gasteiger partial charge is 0.481 e. The Morgan fingerprint density at radius 3 is 2.00 bits per heavy atom. The number of hydrogen-bond acceptors (Lipinski definition) is 2. The van der Waals surface area contributed by atoms with E-state index in [2.05, 4.69) is 6.92 Å². The molecule has 1 atom stereocenters. The van der Waals surface area contributed by atoms with Gasteiger partial charge in [-0.2, -0.15) is 0 Å². The summed E-state index contributed by atoms with van der Waals surface area (Å²) in [7, 11) is 0. The average molecular weight is 300 g/mol. The lowest BCUT2D eigenvalue weighted by Crippen LogP contribution is -2.19. The summed E-state index contributed by atoms with van der Waals surface area (Å²) in [5.74, 6) is -0.752. The van der Waals surface area contributed by atoms with Crippen LogP contribution in [-0.4, -0.2) is 22.3 Å². The lowest BCUT2D eigenvalue weighted by atomic mass is 9.83. The summed E-state index contributed by atoms with van der Waals surface area (Å²) in [6.45, 7) is 6.16. The molecule has 0 bridgehead atoms. The first-order chi connectivity index (χ1) is 9.87. The zero-order valence-electron chi connectivity index (χ0n) is 14.4. The Hall–Kier alpha value is -0.570. The third kappa shape index (κ3) is 14.1. The minimum atomic E-state index is -0.752. The fourth-order valence-corrected chi connectivity index (χ4v) is 2.71. The van der Waals surface area contributed by atoms with E-state index in [0.717, 1.165) is 25.7 Å². The molecular weight excluding hydrogens is 264 g/mol. The second kappa shape index (κ2) is 12.0. The molecule has 2 N–H and O–H groups in total. The van der Waals surface area contributed by atoms with Gasteiger partial charge in [-0.15, -0.1) is 0 Å². The molecule has 0 aliphatic heterocycles. The maximum atomic E-state index is 10.7. The monoisotopic (exact) mass is 300 g/mol. The second-order valence-electron chi connectivity index (χ2n) is 7.19. The molecule has 0 heterocycles. The number of rotatable bonds is 14. The molecule has 3 heteroatoms. The van der Waals surface area contributed by atoms with Crippen molar-refractivity contribution in [3.63, 3.8) is 0 Å². The van der Waals surface area contributed by atoms with Crippen LogP contribution in [-0.2, 0) is 4.79 Å². The molecule has 1 unspecified atom stereocenters. The van der Waals surface area contributed by atoms with E-state index in [9.17, 15) is 9.90 Å². The molecule has 0 rings (SSSR count). The van der Waals surface area contributed by atoms with Gasteiger partial charge in [-0.1, -0.05) is 72.1 Å². The van der Waals surface area contributed by atoms with Crippen LogP contribution >= 0.6 is 0 Å². The Morgan fingerprint density at radius 1 is 0.952 bits per heavy atom. The van der Waals surface area contributed by atoms with E-state index in [1.54, 1.807) is 0 Å². The first-order valence-electron chi connectivity index (χ1n) is 8.77. The highest BCUT2D eigenvalue weighted by molar-refractivity contribution is 5.67. The fourth-order valence-electron chi connectivity index (χ4n) is 2.71. The van der Waals surface area contributed by atoms with Crippen LogP contribution in [0, 0.1) is 5.41 Å². The number of hydrogen-bond donors (Lipinski definition) is 2. The van der Waals surface area contributed by atoms with Crippen LogP contribution in [0.2, 0.25) is 0 Å². The minimum Gasteiger partial charge on any atom is -0.481 e. The van der Waals surface area contributed by atoms with E-state index in [1.165, 1.54) is 44.9 Å². The Kier molecular flexibility index (Phi) is 11.7. The van der Waals surface area contributed by atoms with Crippen molar-refractivity contribution in [2.24, 2.45) is 5.41 Å². The molecule has 0 radical (unpaired) electrons. The van der Waals surface area contributed by atoms with Gasteiger partial charge in [-0.3, -0.25) is 4.79 Å². The standard InChI is InChI=1S/C18H36O3/c1-4-5-6-7-8-9-10-11-12-16(19)13-14-18(2,3)15-17(20)21/h16,19H,4-15H2,1-3H3,(H,20,21). The Bertz CT molecular complexity index is 261. The van der Waals surface area contributed by atoms with Gasteiger partial charge in [-0.05, 0) is 24.7 Å². The molecule has 0 fully saturated rings. The number of aliphatic hydroxyl groups is 1. The van der Waals surface area contributed by atoms with Crippen LogP contribution in [0.3, 0.4) is 0 Å². The molecule has 0 aromatic heterocycles. The molecule has 0 aliphatic rings. The average Bonchev–Trinajstić information content (AvgIpc) is 2.38. The van der Waals surface area contributed by atoms with Crippen LogP contribution in [0.1, 0.15) is 97.8 Å². The van der Waals surface area contributed by atoms with Gasteiger partial charge in [0.05, 0.1) is 12.5 Å². The SMILES string of the molecule is CCCCCCCCCCC(O)CCC(C)(C)CC(=O)O. The smallest absolute Gasteiger partial charge is 0.303 e. The molecule has 0 aromatic rings. The van der Waals surface area contributed by atoms with Gasteiger partial charge in [0.25, 0.3) is 0 Å². The first kappa shape index (κ1) is 20.4. The molecule has 0 amide bonds. The third-order valence-corrected chi connectivity index (χ3v) is 4.18. The van der Waals surface area contributed by atoms with Gasteiger partial charge in [0.2, 0.25) is 0 Å². The molecule has 3 nitrogen and oxygen atoms in total. The number of aliphatic hydroxyl groups excluding tert-OH is 1. The molecule has 126 valence electrons. The van der Waals surface area contributed by atoms with Crippen molar-refractivity contribution < 1.29 is 15.0 Å². The number of aliphatic carboxylic acids is 1. The molecule has 0 saturated carbocycles. The van der Waals surface area contributed by atoms with Gasteiger partial charge in [-0.25, -0.2) is 0 Å². The van der Waals surface area contributed by atoms with Crippen molar-refractivity contribution in [3.8, 4) is 0 Å². The van der Waals surface area contributed by atoms with Crippen molar-refractivity contribution in [1.82, 2.24) is 0 Å². The van der Waals surface area contributed by atoms with E-state index in [1.807, 2.05) is 13.8 Å².